The van der Waals surface area contributed by atoms with Crippen LogP contribution in [0.5, 0.6) is 0 Å². The molecule has 0 saturated heterocycles. The van der Waals surface area contributed by atoms with Gasteiger partial charge in [0, 0.05) is 11.1 Å². The Hall–Kier alpha value is -1.13. The first-order valence-corrected chi connectivity index (χ1v) is 12.2. The van der Waals surface area contributed by atoms with Gasteiger partial charge in [0.15, 0.2) is 0 Å². The van der Waals surface area contributed by atoms with Crippen molar-refractivity contribution in [1.82, 2.24) is 0 Å². The first kappa shape index (κ1) is 17.7. The summed E-state index contributed by atoms with van der Waals surface area (Å²) in [6.45, 7) is 4.86. The average molecular weight is 339 g/mol. The number of fused-ring (bicyclic) bond motifs is 3. The first-order valence-electron chi connectivity index (χ1n) is 9.82. The molecule has 0 radical (unpaired) electrons. The van der Waals surface area contributed by atoms with E-state index < -0.39 is 7.26 Å². The molecule has 128 valence electrons. The van der Waals surface area contributed by atoms with Crippen molar-refractivity contribution in [3.05, 3.63) is 48.5 Å². The summed E-state index contributed by atoms with van der Waals surface area (Å²) in [7, 11) is -1.17. The highest BCUT2D eigenvalue weighted by Crippen LogP contribution is 2.60. The molecule has 0 amide bonds. The highest BCUT2D eigenvalue weighted by molar-refractivity contribution is 7.90. The summed E-state index contributed by atoms with van der Waals surface area (Å²) in [4.78, 5) is 0. The van der Waals surface area contributed by atoms with Gasteiger partial charge in [0.05, 0.1) is 20.1 Å². The van der Waals surface area contributed by atoms with Gasteiger partial charge in [0.1, 0.15) is 10.6 Å². The van der Waals surface area contributed by atoms with Gasteiger partial charge in [-0.3, -0.25) is 0 Å². The molecule has 1 heteroatoms. The predicted molar refractivity (Wildman–Crippen MR) is 111 cm³/mol. The van der Waals surface area contributed by atoms with Gasteiger partial charge in [-0.1, -0.05) is 81.8 Å². The molecular formula is C23H32P+. The average Bonchev–Trinajstić information content (AvgIpc) is 2.88. The normalized spacial score (nSPS) is 14.4. The van der Waals surface area contributed by atoms with Gasteiger partial charge in [-0.05, 0) is 25.0 Å². The van der Waals surface area contributed by atoms with Crippen molar-refractivity contribution >= 4 is 17.9 Å². The van der Waals surface area contributed by atoms with Crippen molar-refractivity contribution < 1.29 is 0 Å². The van der Waals surface area contributed by atoms with E-state index in [2.05, 4.69) is 62.1 Å². The van der Waals surface area contributed by atoms with Crippen molar-refractivity contribution in [3.63, 3.8) is 0 Å². The monoisotopic (exact) mass is 339 g/mol. The lowest BCUT2D eigenvalue weighted by molar-refractivity contribution is 0.586. The lowest BCUT2D eigenvalue weighted by Gasteiger charge is -2.19. The summed E-state index contributed by atoms with van der Waals surface area (Å²) in [6.07, 6.45) is 12.7. The minimum absolute atomic E-state index is 1.17. The van der Waals surface area contributed by atoms with Gasteiger partial charge in [-0.25, -0.2) is 0 Å². The zero-order valence-electron chi connectivity index (χ0n) is 15.4. The van der Waals surface area contributed by atoms with Crippen LogP contribution in [0.25, 0.3) is 11.1 Å². The molecule has 1 aliphatic heterocycles. The Morgan fingerprint density at radius 1 is 0.625 bits per heavy atom. The minimum Gasteiger partial charge on any atom is -0.0654 e. The summed E-state index contributed by atoms with van der Waals surface area (Å²) in [5.41, 5.74) is 3.01. The SMILES string of the molecule is CCCCCCCCCC[P+]1(C)c2ccccc2-c2ccccc21. The van der Waals surface area contributed by atoms with Gasteiger partial charge in [0.2, 0.25) is 0 Å². The van der Waals surface area contributed by atoms with E-state index in [1.165, 1.54) is 68.7 Å². The predicted octanol–water partition coefficient (Wildman–Crippen LogP) is 6.41. The van der Waals surface area contributed by atoms with Gasteiger partial charge >= 0.3 is 0 Å². The molecule has 2 aromatic carbocycles. The van der Waals surface area contributed by atoms with Crippen LogP contribution in [-0.2, 0) is 0 Å². The molecule has 0 spiro atoms. The summed E-state index contributed by atoms with van der Waals surface area (Å²) in [5, 5.41) is 3.29. The zero-order chi connectivity index (χ0) is 16.8. The molecule has 0 saturated carbocycles. The first-order chi connectivity index (χ1) is 11.8. The van der Waals surface area contributed by atoms with E-state index in [1.54, 1.807) is 10.6 Å². The Morgan fingerprint density at radius 3 is 1.62 bits per heavy atom. The number of hydrogen-bond acceptors (Lipinski definition) is 0. The van der Waals surface area contributed by atoms with Gasteiger partial charge in [-0.2, -0.15) is 0 Å². The second-order valence-corrected chi connectivity index (χ2v) is 11.2. The van der Waals surface area contributed by atoms with Crippen LogP contribution in [0.4, 0.5) is 0 Å². The summed E-state index contributed by atoms with van der Waals surface area (Å²) < 4.78 is 0. The third-order valence-electron chi connectivity index (χ3n) is 5.62. The Bertz CT molecular complexity index is 613. The number of rotatable bonds is 9. The van der Waals surface area contributed by atoms with Gasteiger partial charge in [0.25, 0.3) is 0 Å². The quantitative estimate of drug-likeness (QED) is 0.366. The number of benzene rings is 2. The van der Waals surface area contributed by atoms with Crippen LogP contribution in [0.3, 0.4) is 0 Å². The molecule has 3 rings (SSSR count). The maximum absolute atomic E-state index is 2.57. The molecule has 0 atom stereocenters. The maximum atomic E-state index is 2.57. The van der Waals surface area contributed by atoms with E-state index in [-0.39, 0.29) is 0 Å². The van der Waals surface area contributed by atoms with E-state index in [1.807, 2.05) is 0 Å². The minimum atomic E-state index is -1.17. The molecule has 0 fully saturated rings. The Kier molecular flexibility index (Phi) is 6.12. The van der Waals surface area contributed by atoms with Crippen LogP contribution < -0.4 is 10.6 Å². The third-order valence-corrected chi connectivity index (χ3v) is 9.74. The Morgan fingerprint density at radius 2 is 1.08 bits per heavy atom. The topological polar surface area (TPSA) is 0 Å². The molecule has 0 unspecified atom stereocenters. The fourth-order valence-electron chi connectivity index (χ4n) is 4.20. The van der Waals surface area contributed by atoms with Crippen molar-refractivity contribution in [2.45, 2.75) is 58.3 Å². The van der Waals surface area contributed by atoms with Crippen LogP contribution in [0.15, 0.2) is 48.5 Å². The molecule has 24 heavy (non-hydrogen) atoms. The van der Waals surface area contributed by atoms with Crippen LogP contribution in [0, 0.1) is 0 Å². The summed E-state index contributed by atoms with van der Waals surface area (Å²) in [5.74, 6) is 0. The second kappa shape index (κ2) is 8.30. The van der Waals surface area contributed by atoms with E-state index in [4.69, 9.17) is 0 Å². The second-order valence-electron chi connectivity index (χ2n) is 7.42. The fraction of sp³-hybridized carbons (Fsp3) is 0.478. The Balaban J connectivity index is 1.61. The largest absolute Gasteiger partial charge is 0.107 e. The van der Waals surface area contributed by atoms with Crippen LogP contribution in [0.1, 0.15) is 58.3 Å². The van der Waals surface area contributed by atoms with E-state index >= 15 is 0 Å². The van der Waals surface area contributed by atoms with Crippen molar-refractivity contribution in [3.8, 4) is 11.1 Å². The molecule has 0 bridgehead atoms. The summed E-state index contributed by atoms with van der Waals surface area (Å²) >= 11 is 0. The zero-order valence-corrected chi connectivity index (χ0v) is 16.3. The standard InChI is InChI=1S/C23H32P/c1-3-4-5-6-7-8-9-14-19-24(2)22-17-12-10-15-20(22)21-16-11-13-18-23(21)24/h10-13,15-18H,3-9,14,19H2,1-2H3/q+1. The lowest BCUT2D eigenvalue weighted by atomic mass is 10.1. The van der Waals surface area contributed by atoms with Crippen molar-refractivity contribution in [2.24, 2.45) is 0 Å². The van der Waals surface area contributed by atoms with Crippen LogP contribution >= 0.6 is 7.26 Å². The lowest BCUT2D eigenvalue weighted by Crippen LogP contribution is -2.19. The van der Waals surface area contributed by atoms with Crippen LogP contribution in [0.2, 0.25) is 0 Å². The Labute approximate surface area is 149 Å². The molecule has 1 heterocycles. The number of unbranched alkanes of at least 4 members (excludes halogenated alkanes) is 7. The maximum Gasteiger partial charge on any atom is 0.107 e. The van der Waals surface area contributed by atoms with Crippen molar-refractivity contribution in [2.75, 3.05) is 12.8 Å². The van der Waals surface area contributed by atoms with Crippen LogP contribution in [-0.4, -0.2) is 12.8 Å². The van der Waals surface area contributed by atoms with Crippen molar-refractivity contribution in [1.29, 1.82) is 0 Å². The highest BCUT2D eigenvalue weighted by Gasteiger charge is 2.46. The molecule has 0 N–H and O–H groups in total. The highest BCUT2D eigenvalue weighted by atomic mass is 31.2. The van der Waals surface area contributed by atoms with E-state index in [0.29, 0.717) is 0 Å². The van der Waals surface area contributed by atoms with E-state index in [0.717, 1.165) is 0 Å². The van der Waals surface area contributed by atoms with Gasteiger partial charge < -0.3 is 0 Å². The molecule has 0 aromatic heterocycles. The summed E-state index contributed by atoms with van der Waals surface area (Å²) in [6, 6.07) is 18.3. The smallest absolute Gasteiger partial charge is 0.0654 e. The number of hydrogen-bond donors (Lipinski definition) is 0. The van der Waals surface area contributed by atoms with Gasteiger partial charge in [-0.15, -0.1) is 0 Å². The molecule has 0 nitrogen and oxygen atoms in total. The van der Waals surface area contributed by atoms with E-state index in [9.17, 15) is 0 Å². The molecule has 0 aliphatic carbocycles. The fourth-order valence-corrected chi connectivity index (χ4v) is 8.08. The third kappa shape index (κ3) is 3.60. The molecular weight excluding hydrogens is 307 g/mol. The molecule has 2 aromatic rings. The molecule has 1 aliphatic rings.